The highest BCUT2D eigenvalue weighted by molar-refractivity contribution is 6.30. The maximum atomic E-state index is 12.3. The lowest BCUT2D eigenvalue weighted by Gasteiger charge is -2.17. The number of halogens is 1. The van der Waals surface area contributed by atoms with Crippen molar-refractivity contribution in [1.29, 1.82) is 0 Å². The second-order valence-electron chi connectivity index (χ2n) is 6.45. The van der Waals surface area contributed by atoms with Gasteiger partial charge in [0.05, 0.1) is 21.3 Å². The van der Waals surface area contributed by atoms with E-state index in [1.165, 1.54) is 0 Å². The number of anilines is 1. The molecule has 26 heavy (non-hydrogen) atoms. The second-order valence-corrected chi connectivity index (χ2v) is 6.89. The van der Waals surface area contributed by atoms with Gasteiger partial charge in [-0.15, -0.1) is 0 Å². The van der Waals surface area contributed by atoms with Gasteiger partial charge in [-0.05, 0) is 55.3 Å². The topological polar surface area (TPSA) is 52.0 Å². The van der Waals surface area contributed by atoms with Crippen LogP contribution in [0, 0.1) is 13.8 Å². The van der Waals surface area contributed by atoms with Crippen molar-refractivity contribution in [3.05, 3.63) is 52.0 Å². The van der Waals surface area contributed by atoms with Crippen LogP contribution in [0.1, 0.15) is 16.7 Å². The van der Waals surface area contributed by atoms with Crippen LogP contribution >= 0.6 is 11.6 Å². The highest BCUT2D eigenvalue weighted by atomic mass is 35.5. The van der Waals surface area contributed by atoms with Crippen molar-refractivity contribution in [2.45, 2.75) is 20.4 Å². The van der Waals surface area contributed by atoms with Crippen LogP contribution in [0.5, 0.6) is 11.5 Å². The third-order valence-electron chi connectivity index (χ3n) is 4.26. The highest BCUT2D eigenvalue weighted by Gasteiger charge is 2.15. The van der Waals surface area contributed by atoms with Crippen molar-refractivity contribution in [3.8, 4) is 11.5 Å². The summed E-state index contributed by atoms with van der Waals surface area (Å²) < 4.78 is 10.7. The zero-order valence-electron chi connectivity index (χ0n) is 15.9. The van der Waals surface area contributed by atoms with Gasteiger partial charge in [0.1, 0.15) is 6.54 Å². The average Bonchev–Trinajstić information content (AvgIpc) is 2.58. The van der Waals surface area contributed by atoms with Gasteiger partial charge < -0.3 is 19.7 Å². The van der Waals surface area contributed by atoms with Crippen molar-refractivity contribution >= 4 is 23.2 Å². The number of likely N-dealkylation sites (N-methyl/N-ethyl adjacent to an activating group) is 1. The molecule has 2 aromatic carbocycles. The number of methoxy groups -OCH3 is 2. The molecule has 0 spiro atoms. The van der Waals surface area contributed by atoms with Crippen molar-refractivity contribution in [2.75, 3.05) is 33.1 Å². The first-order valence-electron chi connectivity index (χ1n) is 8.42. The van der Waals surface area contributed by atoms with Crippen molar-refractivity contribution in [2.24, 2.45) is 0 Å². The molecule has 0 saturated heterocycles. The summed E-state index contributed by atoms with van der Waals surface area (Å²) in [5.41, 5.74) is 3.96. The summed E-state index contributed by atoms with van der Waals surface area (Å²) >= 11 is 5.95. The van der Waals surface area contributed by atoms with Gasteiger partial charge in [0.2, 0.25) is 0 Å². The Bertz CT molecular complexity index is 793. The molecule has 2 N–H and O–H groups in total. The number of hydrogen-bond acceptors (Lipinski definition) is 3. The Morgan fingerprint density at radius 2 is 1.73 bits per heavy atom. The minimum Gasteiger partial charge on any atom is -0.493 e. The van der Waals surface area contributed by atoms with Gasteiger partial charge in [-0.25, -0.2) is 0 Å². The first-order valence-corrected chi connectivity index (χ1v) is 8.80. The first-order chi connectivity index (χ1) is 12.3. The molecule has 0 aromatic heterocycles. The lowest BCUT2D eigenvalue weighted by molar-refractivity contribution is -0.885. The number of nitrogens with one attached hydrogen (secondary N) is 2. The van der Waals surface area contributed by atoms with Gasteiger partial charge in [0.25, 0.3) is 5.91 Å². The summed E-state index contributed by atoms with van der Waals surface area (Å²) in [7, 11) is 5.23. The van der Waals surface area contributed by atoms with E-state index in [4.69, 9.17) is 21.1 Å². The molecular weight excluding hydrogens is 352 g/mol. The molecule has 0 saturated carbocycles. The zero-order valence-corrected chi connectivity index (χ0v) is 16.7. The van der Waals surface area contributed by atoms with E-state index >= 15 is 0 Å². The number of hydrogen-bond donors (Lipinski definition) is 2. The van der Waals surface area contributed by atoms with E-state index in [-0.39, 0.29) is 5.91 Å². The second kappa shape index (κ2) is 8.92. The van der Waals surface area contributed by atoms with Crippen LogP contribution in [-0.2, 0) is 11.3 Å². The summed E-state index contributed by atoms with van der Waals surface area (Å²) in [6, 6.07) is 9.36. The average molecular weight is 378 g/mol. The summed E-state index contributed by atoms with van der Waals surface area (Å²) in [6.45, 7) is 5.02. The van der Waals surface area contributed by atoms with Crippen LogP contribution in [0.3, 0.4) is 0 Å². The molecule has 140 valence electrons. The highest BCUT2D eigenvalue weighted by Crippen LogP contribution is 2.29. The smallest absolute Gasteiger partial charge is 0.279 e. The Kier molecular flexibility index (Phi) is 6.89. The third kappa shape index (κ3) is 5.13. The largest absolute Gasteiger partial charge is 0.493 e. The molecule has 1 unspecified atom stereocenters. The molecule has 0 heterocycles. The first kappa shape index (κ1) is 20.1. The van der Waals surface area contributed by atoms with E-state index in [1.807, 2.05) is 45.2 Å². The number of benzene rings is 2. The number of rotatable bonds is 7. The lowest BCUT2D eigenvalue weighted by atomic mass is 10.1. The normalized spacial score (nSPS) is 11.8. The number of aryl methyl sites for hydroxylation is 2. The van der Waals surface area contributed by atoms with Gasteiger partial charge in [-0.1, -0.05) is 11.6 Å². The Labute approximate surface area is 159 Å². The van der Waals surface area contributed by atoms with Crippen molar-refractivity contribution in [1.82, 2.24) is 0 Å². The number of carbonyl (C=O) groups is 1. The third-order valence-corrected chi connectivity index (χ3v) is 4.49. The summed E-state index contributed by atoms with van der Waals surface area (Å²) in [6.07, 6.45) is 0. The molecule has 0 fully saturated rings. The fourth-order valence-electron chi connectivity index (χ4n) is 2.84. The molecule has 0 aliphatic carbocycles. The molecule has 0 bridgehead atoms. The predicted molar refractivity (Wildman–Crippen MR) is 105 cm³/mol. The molecule has 5 nitrogen and oxygen atoms in total. The Morgan fingerprint density at radius 3 is 2.35 bits per heavy atom. The molecule has 6 heteroatoms. The number of amides is 1. The lowest BCUT2D eigenvalue weighted by Crippen LogP contribution is -3.08. The summed E-state index contributed by atoms with van der Waals surface area (Å²) in [4.78, 5) is 13.4. The van der Waals surface area contributed by atoms with Crippen LogP contribution in [0.25, 0.3) is 0 Å². The molecule has 0 aliphatic rings. The summed E-state index contributed by atoms with van der Waals surface area (Å²) in [5.74, 6) is 1.37. The van der Waals surface area contributed by atoms with E-state index in [0.29, 0.717) is 29.6 Å². The van der Waals surface area contributed by atoms with E-state index in [9.17, 15) is 4.79 Å². The maximum absolute atomic E-state index is 12.3. The van der Waals surface area contributed by atoms with Crippen LogP contribution in [0.4, 0.5) is 5.69 Å². The molecule has 2 aromatic rings. The van der Waals surface area contributed by atoms with Gasteiger partial charge >= 0.3 is 0 Å². The molecule has 1 amide bonds. The van der Waals surface area contributed by atoms with Gasteiger partial charge in [-0.3, -0.25) is 4.79 Å². The van der Waals surface area contributed by atoms with E-state index in [1.54, 1.807) is 20.3 Å². The van der Waals surface area contributed by atoms with Crippen LogP contribution in [-0.4, -0.2) is 33.7 Å². The maximum Gasteiger partial charge on any atom is 0.279 e. The number of quaternary nitrogens is 1. The minimum atomic E-state index is -0.0361. The summed E-state index contributed by atoms with van der Waals surface area (Å²) in [5, 5.41) is 3.61. The van der Waals surface area contributed by atoms with Crippen molar-refractivity contribution in [3.63, 3.8) is 0 Å². The fourth-order valence-corrected chi connectivity index (χ4v) is 3.06. The van der Waals surface area contributed by atoms with Gasteiger partial charge in [0.15, 0.2) is 18.0 Å². The molecule has 0 radical (unpaired) electrons. The number of carbonyl (C=O) groups excluding carboxylic acids is 1. The minimum absolute atomic E-state index is 0.0361. The molecular formula is C20H26ClN2O3+. The van der Waals surface area contributed by atoms with Gasteiger partial charge in [0, 0.05) is 16.3 Å². The van der Waals surface area contributed by atoms with E-state index in [2.05, 4.69) is 5.32 Å². The zero-order chi connectivity index (χ0) is 19.3. The predicted octanol–water partition coefficient (Wildman–Crippen LogP) is 2.63. The van der Waals surface area contributed by atoms with Crippen molar-refractivity contribution < 1.29 is 19.2 Å². The Morgan fingerprint density at radius 1 is 1.08 bits per heavy atom. The fraction of sp³-hybridized carbons (Fsp3) is 0.350. The van der Waals surface area contributed by atoms with Gasteiger partial charge in [-0.2, -0.15) is 0 Å². The van der Waals surface area contributed by atoms with E-state index < -0.39 is 0 Å². The Hall–Kier alpha value is -2.24. The quantitative estimate of drug-likeness (QED) is 0.780. The Balaban J connectivity index is 2.01. The standard InChI is InChI=1S/C20H25ClN2O3/c1-13-9-18(25-4)19(26-5)10-15(13)11-23(3)12-20(24)22-17-7-6-16(21)8-14(17)2/h6-10H,11-12H2,1-5H3,(H,22,24)/p+1. The monoisotopic (exact) mass is 377 g/mol. The molecule has 0 aliphatic heterocycles. The number of ether oxygens (including phenoxy) is 2. The molecule has 2 rings (SSSR count). The van der Waals surface area contributed by atoms with Crippen LogP contribution in [0.2, 0.25) is 5.02 Å². The van der Waals surface area contributed by atoms with E-state index in [0.717, 1.165) is 27.3 Å². The van der Waals surface area contributed by atoms with Crippen LogP contribution in [0.15, 0.2) is 30.3 Å². The van der Waals surface area contributed by atoms with Crippen LogP contribution < -0.4 is 19.7 Å². The molecule has 1 atom stereocenters. The SMILES string of the molecule is COc1cc(C)c(C[NH+](C)CC(=O)Nc2ccc(Cl)cc2C)cc1OC.